The minimum absolute atomic E-state index is 0. The summed E-state index contributed by atoms with van der Waals surface area (Å²) in [6.07, 6.45) is 5.25. The summed E-state index contributed by atoms with van der Waals surface area (Å²) >= 11 is 0. The van der Waals surface area contributed by atoms with Crippen LogP contribution in [0.3, 0.4) is 0 Å². The van der Waals surface area contributed by atoms with Gasteiger partial charge in [-0.25, -0.2) is 0 Å². The smallest absolute Gasteiger partial charge is 0.519 e. The number of rotatable bonds is 8. The molecule has 0 amide bonds. The van der Waals surface area contributed by atoms with E-state index in [9.17, 15) is 5.11 Å². The topological polar surface area (TPSA) is 48.7 Å². The first-order chi connectivity index (χ1) is 20.7. The molecule has 5 aromatic carbocycles. The molecule has 4 nitrogen and oxygen atoms in total. The van der Waals surface area contributed by atoms with E-state index in [4.69, 9.17) is 4.66 Å². The van der Waals surface area contributed by atoms with Gasteiger partial charge in [-0.3, -0.25) is 0 Å². The first-order valence-corrected chi connectivity index (χ1v) is 15.8. The number of anilines is 2. The third-order valence-corrected chi connectivity index (χ3v) is 11.1. The molecule has 0 aliphatic rings. The van der Waals surface area contributed by atoms with E-state index in [0.717, 1.165) is 38.1 Å². The average molecular weight is 755 g/mol. The summed E-state index contributed by atoms with van der Waals surface area (Å²) in [6.45, 7) is 2.05. The third-order valence-electron chi connectivity index (χ3n) is 7.31. The van der Waals surface area contributed by atoms with Crippen molar-refractivity contribution in [2.24, 2.45) is 4.66 Å². The second kappa shape index (κ2) is 13.6. The van der Waals surface area contributed by atoms with Gasteiger partial charge in [0.05, 0.1) is 5.75 Å². The summed E-state index contributed by atoms with van der Waals surface area (Å²) in [6, 6.07) is 52.0. The van der Waals surface area contributed by atoms with Crippen molar-refractivity contribution in [3.05, 3.63) is 163 Å². The molecule has 1 N–H and O–H groups in total. The van der Waals surface area contributed by atoms with Crippen LogP contribution in [0.5, 0.6) is 5.75 Å². The Morgan fingerprint density at radius 1 is 0.674 bits per heavy atom. The summed E-state index contributed by atoms with van der Waals surface area (Å²) in [4.78, 5) is 6.45. The van der Waals surface area contributed by atoms with E-state index in [-0.39, 0.29) is 26.8 Å². The predicted molar refractivity (Wildman–Crippen MR) is 175 cm³/mol. The number of hydrogen-bond donors (Lipinski definition) is 1. The van der Waals surface area contributed by atoms with Gasteiger partial charge in [0, 0.05) is 6.20 Å². The van der Waals surface area contributed by atoms with Gasteiger partial charge in [0.25, 0.3) is 0 Å². The first kappa shape index (κ1) is 29.9. The van der Waals surface area contributed by atoms with E-state index < -0.39 is 8.24 Å². The summed E-state index contributed by atoms with van der Waals surface area (Å²) in [5.41, 5.74) is 4.29. The van der Waals surface area contributed by atoms with Gasteiger partial charge < -0.3 is 19.6 Å². The van der Waals surface area contributed by atoms with Crippen LogP contribution in [0.4, 0.5) is 11.4 Å². The molecule has 0 aliphatic heterocycles. The van der Waals surface area contributed by atoms with E-state index in [1.165, 1.54) is 0 Å². The second-order valence-electron chi connectivity index (χ2n) is 9.96. The molecule has 0 radical (unpaired) electrons. The molecule has 212 valence electrons. The summed E-state index contributed by atoms with van der Waals surface area (Å²) in [7, 11) is -3.14. The van der Waals surface area contributed by atoms with Gasteiger partial charge in [0.2, 0.25) is 8.24 Å². The molecule has 0 unspecified atom stereocenters. The zero-order valence-corrected chi connectivity index (χ0v) is 26.8. The summed E-state index contributed by atoms with van der Waals surface area (Å²) < 4.78 is 5.49. The molecular weight excluding hydrogens is 726 g/mol. The zero-order valence-electron chi connectivity index (χ0n) is 23.5. The molecule has 6 rings (SSSR count). The maximum atomic E-state index is 11.0. The minimum atomic E-state index is -3.14. The fraction of sp³-hybridized carbons (Fsp3) is 0.0270. The average Bonchev–Trinajstić information content (AvgIpc) is 3.06. The van der Waals surface area contributed by atoms with Gasteiger partial charge in [-0.2, -0.15) is 0 Å². The van der Waals surface area contributed by atoms with Crippen molar-refractivity contribution in [3.63, 3.8) is 0 Å². The maximum Gasteiger partial charge on any atom is 2.00 e. The summed E-state index contributed by atoms with van der Waals surface area (Å²) in [5, 5.41) is 14.1. The number of phenols is 1. The van der Waals surface area contributed by atoms with Gasteiger partial charge >= 0.3 is 21.1 Å². The Kier molecular flexibility index (Phi) is 9.46. The SMILES string of the molecule is Cc1ccccc1N([C-]=N[Si](c1[c-]c(-c2ccccn2)ccc1)(c1ccccc1)c1ccccc1)c1ccccc1O.[Pt+2]. The van der Waals surface area contributed by atoms with Crippen LogP contribution in [0.25, 0.3) is 11.3 Å². The molecule has 6 aromatic rings. The Labute approximate surface area is 268 Å². The van der Waals surface area contributed by atoms with Crippen molar-refractivity contribution in [3.8, 4) is 17.0 Å². The quantitative estimate of drug-likeness (QED) is 0.0498. The fourth-order valence-electron chi connectivity index (χ4n) is 5.21. The Bertz CT molecular complexity index is 1730. The number of phenolic OH excluding ortho intramolecular Hbond substituents is 1. The van der Waals surface area contributed by atoms with Gasteiger partial charge in [-0.1, -0.05) is 127 Å². The fourth-order valence-corrected chi connectivity index (χ4v) is 8.79. The number of para-hydroxylation sites is 3. The van der Waals surface area contributed by atoms with Crippen LogP contribution in [0, 0.1) is 13.0 Å². The Morgan fingerprint density at radius 3 is 1.91 bits per heavy atom. The standard InChI is InChI=1S/C37H29N3OSi.Pt/c1-29-15-8-9-23-35(29)40(36-24-10-11-25-37(36)41)28-39-42(31-17-4-2-5-18-31,32-19-6-3-7-20-32)33-21-14-16-30(27-33)34-22-12-13-26-38-34;/h2-26,41H,1H3;/q-2;+2. The molecule has 0 aliphatic carbocycles. The Hall–Kier alpha value is -4.57. The number of aromatic hydroxyl groups is 1. The monoisotopic (exact) mass is 754 g/mol. The van der Waals surface area contributed by atoms with Crippen LogP contribution in [0.2, 0.25) is 0 Å². The number of pyridine rings is 1. The van der Waals surface area contributed by atoms with Gasteiger partial charge in [-0.05, 0) is 47.1 Å². The molecule has 6 heteroatoms. The molecule has 0 bridgehead atoms. The van der Waals surface area contributed by atoms with Crippen molar-refractivity contribution in [1.82, 2.24) is 4.98 Å². The molecular formula is C37H29N3OPtSi. The van der Waals surface area contributed by atoms with Crippen LogP contribution in [0.1, 0.15) is 5.56 Å². The van der Waals surface area contributed by atoms with Crippen LogP contribution in [-0.4, -0.2) is 24.7 Å². The van der Waals surface area contributed by atoms with E-state index in [0.29, 0.717) is 5.69 Å². The van der Waals surface area contributed by atoms with E-state index in [1.54, 1.807) is 12.3 Å². The number of benzene rings is 5. The number of nitrogens with zero attached hydrogens (tertiary/aromatic N) is 3. The van der Waals surface area contributed by atoms with Crippen LogP contribution in [-0.2, 0) is 21.1 Å². The molecule has 0 spiro atoms. The van der Waals surface area contributed by atoms with Crippen LogP contribution < -0.4 is 20.5 Å². The molecule has 0 saturated carbocycles. The van der Waals surface area contributed by atoms with Crippen molar-refractivity contribution >= 4 is 41.5 Å². The Balaban J connectivity index is 0.00000368. The number of aryl methyl sites for hydroxylation is 1. The van der Waals surface area contributed by atoms with Gasteiger partial charge in [0.15, 0.2) is 0 Å². The van der Waals surface area contributed by atoms with E-state index in [1.807, 2.05) is 90.7 Å². The third kappa shape index (κ3) is 6.14. The largest absolute Gasteiger partial charge is 2.00 e. The minimum Gasteiger partial charge on any atom is -0.519 e. The maximum absolute atomic E-state index is 11.0. The van der Waals surface area contributed by atoms with Gasteiger partial charge in [0.1, 0.15) is 0 Å². The second-order valence-corrected chi connectivity index (χ2v) is 13.3. The molecule has 43 heavy (non-hydrogen) atoms. The van der Waals surface area contributed by atoms with Gasteiger partial charge in [-0.15, -0.1) is 35.0 Å². The van der Waals surface area contributed by atoms with Crippen molar-refractivity contribution in [2.75, 3.05) is 4.90 Å². The molecule has 0 saturated heterocycles. The molecule has 0 atom stereocenters. The van der Waals surface area contributed by atoms with Crippen molar-refractivity contribution < 1.29 is 26.2 Å². The number of hydrogen-bond acceptors (Lipinski definition) is 3. The van der Waals surface area contributed by atoms with Crippen molar-refractivity contribution in [2.45, 2.75) is 6.92 Å². The normalized spacial score (nSPS) is 11.2. The van der Waals surface area contributed by atoms with E-state index >= 15 is 0 Å². The molecule has 1 heterocycles. The summed E-state index contributed by atoms with van der Waals surface area (Å²) in [5.74, 6) is 0.152. The first-order valence-electron chi connectivity index (χ1n) is 13.8. The predicted octanol–water partition coefficient (Wildman–Crippen LogP) is 6.27. The Morgan fingerprint density at radius 2 is 1.28 bits per heavy atom. The van der Waals surface area contributed by atoms with Crippen molar-refractivity contribution in [1.29, 1.82) is 0 Å². The molecule has 0 fully saturated rings. The van der Waals surface area contributed by atoms with Crippen LogP contribution >= 0.6 is 0 Å². The van der Waals surface area contributed by atoms with E-state index in [2.05, 4.69) is 78.1 Å². The molecule has 1 aromatic heterocycles. The van der Waals surface area contributed by atoms with Crippen LogP contribution in [0.15, 0.2) is 156 Å². The number of aromatic nitrogens is 1. The zero-order chi connectivity index (χ0) is 28.8.